The fraction of sp³-hybridized carbons (Fsp3) is 0.733. The number of hydrogen-bond acceptors (Lipinski definition) is 5. The topological polar surface area (TPSA) is 39.7 Å². The van der Waals surface area contributed by atoms with Crippen molar-refractivity contribution in [2.75, 3.05) is 50.7 Å². The molecular weight excluding hydrogens is 284 g/mol. The normalized spacial score (nSPS) is 24.3. The number of anilines is 1. The molecule has 2 saturated heterocycles. The van der Waals surface area contributed by atoms with Crippen molar-refractivity contribution in [3.05, 3.63) is 11.6 Å². The summed E-state index contributed by atoms with van der Waals surface area (Å²) in [6, 6.07) is 0. The lowest BCUT2D eigenvalue weighted by Crippen LogP contribution is -2.51. The Morgan fingerprint density at radius 3 is 2.81 bits per heavy atom. The minimum Gasteiger partial charge on any atom is -0.346 e. The Morgan fingerprint density at radius 1 is 1.33 bits per heavy atom. The monoisotopic (exact) mass is 308 g/mol. The van der Waals surface area contributed by atoms with Crippen molar-refractivity contribution >= 4 is 22.4 Å². The van der Waals surface area contributed by atoms with Crippen LogP contribution in [0, 0.1) is 5.92 Å². The van der Waals surface area contributed by atoms with Gasteiger partial charge in [-0.1, -0.05) is 6.92 Å². The molecule has 0 aliphatic carbocycles. The highest BCUT2D eigenvalue weighted by Gasteiger charge is 2.25. The van der Waals surface area contributed by atoms with Gasteiger partial charge in [-0.15, -0.1) is 11.3 Å². The van der Waals surface area contributed by atoms with E-state index in [1.807, 2.05) is 11.6 Å². The highest BCUT2D eigenvalue weighted by molar-refractivity contribution is 7.13. The lowest BCUT2D eigenvalue weighted by Gasteiger charge is -2.36. The number of carbonyl (C=O) groups excluding carboxylic acids is 1. The molecular formula is C15H24N4OS. The molecule has 1 aromatic heterocycles. The summed E-state index contributed by atoms with van der Waals surface area (Å²) in [5.74, 6) is 0.966. The summed E-state index contributed by atoms with van der Waals surface area (Å²) >= 11 is 1.69. The van der Waals surface area contributed by atoms with Gasteiger partial charge < -0.3 is 9.80 Å². The van der Waals surface area contributed by atoms with Crippen LogP contribution in [-0.4, -0.2) is 66.5 Å². The summed E-state index contributed by atoms with van der Waals surface area (Å²) in [7, 11) is 0. The number of piperidine rings is 1. The summed E-state index contributed by atoms with van der Waals surface area (Å²) in [6.45, 7) is 8.56. The van der Waals surface area contributed by atoms with E-state index in [2.05, 4.69) is 26.6 Å². The van der Waals surface area contributed by atoms with Gasteiger partial charge in [-0.3, -0.25) is 9.69 Å². The van der Waals surface area contributed by atoms with Crippen molar-refractivity contribution < 1.29 is 4.79 Å². The van der Waals surface area contributed by atoms with Crippen LogP contribution in [0.3, 0.4) is 0 Å². The molecule has 1 amide bonds. The van der Waals surface area contributed by atoms with Crippen LogP contribution >= 0.6 is 11.3 Å². The quantitative estimate of drug-likeness (QED) is 0.849. The summed E-state index contributed by atoms with van der Waals surface area (Å²) in [5.41, 5.74) is 0. The maximum atomic E-state index is 12.4. The number of amides is 1. The molecule has 1 atom stereocenters. The van der Waals surface area contributed by atoms with Gasteiger partial charge in [0.1, 0.15) is 0 Å². The first-order valence-corrected chi connectivity index (χ1v) is 8.75. The van der Waals surface area contributed by atoms with Crippen molar-refractivity contribution in [2.24, 2.45) is 5.92 Å². The molecule has 3 rings (SSSR count). The number of aromatic nitrogens is 1. The Bertz CT molecular complexity index is 456. The minimum atomic E-state index is 0.309. The Labute approximate surface area is 130 Å². The third kappa shape index (κ3) is 3.74. The average Bonchev–Trinajstić information content (AvgIpc) is 3.02. The van der Waals surface area contributed by atoms with E-state index in [0.717, 1.165) is 50.8 Å². The number of likely N-dealkylation sites (tertiary alicyclic amines) is 1. The number of hydrogen-bond donors (Lipinski definition) is 0. The van der Waals surface area contributed by atoms with E-state index < -0.39 is 0 Å². The molecule has 0 N–H and O–H groups in total. The number of nitrogens with zero attached hydrogens (tertiary/aromatic N) is 4. The molecule has 5 nitrogen and oxygen atoms in total. The van der Waals surface area contributed by atoms with E-state index in [9.17, 15) is 4.79 Å². The second kappa shape index (κ2) is 6.75. The Kier molecular flexibility index (Phi) is 4.75. The molecule has 0 unspecified atom stereocenters. The van der Waals surface area contributed by atoms with E-state index in [0.29, 0.717) is 18.4 Å². The van der Waals surface area contributed by atoms with Gasteiger partial charge >= 0.3 is 0 Å². The molecule has 21 heavy (non-hydrogen) atoms. The molecule has 116 valence electrons. The number of piperazine rings is 1. The Hall–Kier alpha value is -1.14. The van der Waals surface area contributed by atoms with E-state index in [1.54, 1.807) is 11.3 Å². The van der Waals surface area contributed by atoms with Crippen molar-refractivity contribution in [3.63, 3.8) is 0 Å². The first kappa shape index (κ1) is 14.8. The average molecular weight is 308 g/mol. The zero-order valence-corrected chi connectivity index (χ0v) is 13.5. The fourth-order valence-corrected chi connectivity index (χ4v) is 3.87. The largest absolute Gasteiger partial charge is 0.346 e. The van der Waals surface area contributed by atoms with E-state index in [1.165, 1.54) is 6.42 Å². The van der Waals surface area contributed by atoms with Gasteiger partial charge in [0.15, 0.2) is 5.13 Å². The molecule has 2 aliphatic heterocycles. The number of rotatable bonds is 3. The maximum Gasteiger partial charge on any atom is 0.236 e. The minimum absolute atomic E-state index is 0.309. The maximum absolute atomic E-state index is 12.4. The van der Waals surface area contributed by atoms with E-state index >= 15 is 0 Å². The van der Waals surface area contributed by atoms with E-state index in [4.69, 9.17) is 0 Å². The van der Waals surface area contributed by atoms with Crippen molar-refractivity contribution in [2.45, 2.75) is 19.8 Å². The van der Waals surface area contributed by atoms with Crippen LogP contribution in [0.15, 0.2) is 11.6 Å². The molecule has 0 spiro atoms. The molecule has 6 heteroatoms. The smallest absolute Gasteiger partial charge is 0.236 e. The lowest BCUT2D eigenvalue weighted by atomic mass is 10.0. The van der Waals surface area contributed by atoms with Crippen LogP contribution in [0.5, 0.6) is 0 Å². The van der Waals surface area contributed by atoms with E-state index in [-0.39, 0.29) is 0 Å². The van der Waals surface area contributed by atoms with Crippen LogP contribution in [-0.2, 0) is 4.79 Å². The first-order chi connectivity index (χ1) is 10.2. The zero-order chi connectivity index (χ0) is 14.7. The number of thiazole rings is 1. The highest BCUT2D eigenvalue weighted by Crippen LogP contribution is 2.19. The van der Waals surface area contributed by atoms with Crippen molar-refractivity contribution in [1.29, 1.82) is 0 Å². The standard InChI is InChI=1S/C15H24N4OS/c1-13-3-2-5-19(11-13)14(20)12-17-6-8-18(9-7-17)15-16-4-10-21-15/h4,10,13H,2-3,5-9,11-12H2,1H3/t13-/m0/s1. The molecule has 0 bridgehead atoms. The van der Waals surface area contributed by atoms with Gasteiger partial charge in [-0.05, 0) is 18.8 Å². The molecule has 0 aromatic carbocycles. The second-order valence-electron chi connectivity index (χ2n) is 6.17. The van der Waals surface area contributed by atoms with Gasteiger partial charge in [-0.25, -0.2) is 4.98 Å². The predicted molar refractivity (Wildman–Crippen MR) is 85.7 cm³/mol. The highest BCUT2D eigenvalue weighted by atomic mass is 32.1. The Balaban J connectivity index is 1.45. The third-order valence-corrected chi connectivity index (χ3v) is 5.26. The van der Waals surface area contributed by atoms with Crippen LogP contribution < -0.4 is 4.90 Å². The SMILES string of the molecule is C[C@H]1CCCN(C(=O)CN2CCN(c3nccs3)CC2)C1. The molecule has 0 radical (unpaired) electrons. The van der Waals surface area contributed by atoms with Gasteiger partial charge in [0, 0.05) is 50.8 Å². The van der Waals surface area contributed by atoms with Crippen LogP contribution in [0.2, 0.25) is 0 Å². The molecule has 0 saturated carbocycles. The van der Waals surface area contributed by atoms with Gasteiger partial charge in [-0.2, -0.15) is 0 Å². The second-order valence-corrected chi connectivity index (χ2v) is 7.04. The van der Waals surface area contributed by atoms with Gasteiger partial charge in [0.05, 0.1) is 6.54 Å². The summed E-state index contributed by atoms with van der Waals surface area (Å²) in [6.07, 6.45) is 4.27. The lowest BCUT2D eigenvalue weighted by molar-refractivity contribution is -0.134. The third-order valence-electron chi connectivity index (χ3n) is 4.43. The Morgan fingerprint density at radius 2 is 2.14 bits per heavy atom. The molecule has 3 heterocycles. The first-order valence-electron chi connectivity index (χ1n) is 7.87. The fourth-order valence-electron chi connectivity index (χ4n) is 3.18. The van der Waals surface area contributed by atoms with Crippen molar-refractivity contribution in [3.8, 4) is 0 Å². The van der Waals surface area contributed by atoms with Gasteiger partial charge in [0.25, 0.3) is 0 Å². The van der Waals surface area contributed by atoms with Gasteiger partial charge in [0.2, 0.25) is 5.91 Å². The zero-order valence-electron chi connectivity index (χ0n) is 12.7. The molecule has 2 fully saturated rings. The number of carbonyl (C=O) groups is 1. The van der Waals surface area contributed by atoms with Crippen LogP contribution in [0.25, 0.3) is 0 Å². The van der Waals surface area contributed by atoms with Crippen LogP contribution in [0.1, 0.15) is 19.8 Å². The molecule has 1 aromatic rings. The summed E-state index contributed by atoms with van der Waals surface area (Å²) < 4.78 is 0. The predicted octanol–water partition coefficient (Wildman–Crippen LogP) is 1.52. The van der Waals surface area contributed by atoms with Crippen LogP contribution in [0.4, 0.5) is 5.13 Å². The molecule has 2 aliphatic rings. The summed E-state index contributed by atoms with van der Waals surface area (Å²) in [4.78, 5) is 23.4. The summed E-state index contributed by atoms with van der Waals surface area (Å²) in [5, 5.41) is 3.12. The van der Waals surface area contributed by atoms with Crippen molar-refractivity contribution in [1.82, 2.24) is 14.8 Å².